The molecule has 1 aromatic carbocycles. The van der Waals surface area contributed by atoms with E-state index in [1.165, 1.54) is 30.8 Å². The number of fused-ring (bicyclic) bond motifs is 1. The van der Waals surface area contributed by atoms with Gasteiger partial charge in [-0.1, -0.05) is 24.6 Å². The van der Waals surface area contributed by atoms with Gasteiger partial charge in [-0.25, -0.2) is 9.97 Å². The van der Waals surface area contributed by atoms with Crippen molar-refractivity contribution < 1.29 is 14.6 Å². The summed E-state index contributed by atoms with van der Waals surface area (Å²) in [5, 5.41) is 11.5. The molecule has 202 valence electrons. The zero-order valence-corrected chi connectivity index (χ0v) is 22.4. The average molecular weight is 527 g/mol. The number of rotatable bonds is 5. The van der Waals surface area contributed by atoms with Crippen LogP contribution < -0.4 is 10.5 Å². The number of carbonyl (C=O) groups excluding carboxylic acids is 1. The number of hydrogen-bond acceptors (Lipinski definition) is 7. The Kier molecular flexibility index (Phi) is 6.53. The van der Waals surface area contributed by atoms with Crippen molar-refractivity contribution in [2.24, 2.45) is 13.0 Å². The number of hydrogen-bond donors (Lipinski definition) is 2. The Morgan fingerprint density at radius 3 is 2.72 bits per heavy atom. The zero-order chi connectivity index (χ0) is 27.3. The summed E-state index contributed by atoms with van der Waals surface area (Å²) in [4.78, 5) is 24.6. The molecule has 39 heavy (non-hydrogen) atoms. The van der Waals surface area contributed by atoms with Crippen LogP contribution in [0.2, 0.25) is 0 Å². The monoisotopic (exact) mass is 526 g/mol. The van der Waals surface area contributed by atoms with Crippen molar-refractivity contribution in [3.05, 3.63) is 48.4 Å². The van der Waals surface area contributed by atoms with Crippen LogP contribution in [0.15, 0.2) is 37.2 Å². The molecule has 1 amide bonds. The maximum atomic E-state index is 11.9. The summed E-state index contributed by atoms with van der Waals surface area (Å²) in [6, 6.07) is 6.40. The molecule has 1 aliphatic carbocycles. The van der Waals surface area contributed by atoms with Crippen LogP contribution in [-0.2, 0) is 11.8 Å². The van der Waals surface area contributed by atoms with Gasteiger partial charge in [-0.3, -0.25) is 9.69 Å². The van der Waals surface area contributed by atoms with Crippen molar-refractivity contribution in [2.75, 3.05) is 39.0 Å². The Balaban J connectivity index is 1.27. The van der Waals surface area contributed by atoms with Gasteiger partial charge in [0, 0.05) is 50.7 Å². The third-order valence-corrected chi connectivity index (χ3v) is 8.34. The van der Waals surface area contributed by atoms with Gasteiger partial charge in [0.15, 0.2) is 0 Å². The van der Waals surface area contributed by atoms with Gasteiger partial charge in [-0.2, -0.15) is 0 Å². The molecule has 2 aromatic heterocycles. The first-order valence-electron chi connectivity index (χ1n) is 13.5. The number of aromatic nitrogens is 3. The number of ether oxygens (including phenoxy) is 1. The van der Waals surface area contributed by atoms with Gasteiger partial charge in [0.1, 0.15) is 29.2 Å². The highest BCUT2D eigenvalue weighted by atomic mass is 16.5. The van der Waals surface area contributed by atoms with E-state index in [9.17, 15) is 9.90 Å². The summed E-state index contributed by atoms with van der Waals surface area (Å²) < 4.78 is 7.76. The number of carbonyl (C=O) groups is 1. The summed E-state index contributed by atoms with van der Waals surface area (Å²) in [5.41, 5.74) is 11.1. The molecule has 0 spiro atoms. The SMILES string of the molecule is C=CC(=O)N1CC[C@@H](N2CC(C#Cc3c(-c4ccc(C5CC5)c(OC)c4)c4c(N)ncnc4n3C)C2)[C@@H](O)C1. The van der Waals surface area contributed by atoms with E-state index in [0.717, 1.165) is 53.1 Å². The molecule has 6 rings (SSSR count). The summed E-state index contributed by atoms with van der Waals surface area (Å²) in [5.74, 6) is 8.85. The smallest absolute Gasteiger partial charge is 0.246 e. The fraction of sp³-hybridized carbons (Fsp3) is 0.433. The van der Waals surface area contributed by atoms with Crippen LogP contribution in [0, 0.1) is 17.8 Å². The van der Waals surface area contributed by atoms with Crippen molar-refractivity contribution in [2.45, 2.75) is 37.3 Å². The number of β-amino-alcohol motifs (C(OH)–C–C–N with tert-alkyl or cyclic N) is 1. The van der Waals surface area contributed by atoms with Crippen molar-refractivity contribution in [3.63, 3.8) is 0 Å². The lowest BCUT2D eigenvalue weighted by molar-refractivity contribution is -0.132. The van der Waals surface area contributed by atoms with E-state index < -0.39 is 6.10 Å². The quantitative estimate of drug-likeness (QED) is 0.388. The summed E-state index contributed by atoms with van der Waals surface area (Å²) in [7, 11) is 3.67. The number of nitrogen functional groups attached to an aromatic ring is 1. The molecule has 0 unspecified atom stereocenters. The van der Waals surface area contributed by atoms with E-state index in [0.29, 0.717) is 24.8 Å². The Morgan fingerprint density at radius 1 is 1.23 bits per heavy atom. The number of aliphatic hydroxyl groups excluding tert-OH is 1. The molecule has 3 aliphatic rings. The number of aryl methyl sites for hydroxylation is 1. The van der Waals surface area contributed by atoms with E-state index in [4.69, 9.17) is 10.5 Å². The molecule has 2 aliphatic heterocycles. The minimum Gasteiger partial charge on any atom is -0.496 e. The van der Waals surface area contributed by atoms with Gasteiger partial charge in [-0.15, -0.1) is 0 Å². The summed E-state index contributed by atoms with van der Waals surface area (Å²) >= 11 is 0. The van der Waals surface area contributed by atoms with Gasteiger partial charge in [-0.05, 0) is 54.4 Å². The molecular formula is C30H34N6O3. The summed E-state index contributed by atoms with van der Waals surface area (Å²) in [6.07, 6.45) is 5.35. The van der Waals surface area contributed by atoms with Gasteiger partial charge < -0.3 is 25.0 Å². The number of methoxy groups -OCH3 is 1. The van der Waals surface area contributed by atoms with Crippen LogP contribution in [0.4, 0.5) is 5.82 Å². The molecule has 3 fully saturated rings. The lowest BCUT2D eigenvalue weighted by atomic mass is 9.91. The van der Waals surface area contributed by atoms with Crippen molar-refractivity contribution in [1.82, 2.24) is 24.3 Å². The lowest BCUT2D eigenvalue weighted by Crippen LogP contribution is -2.61. The molecule has 4 heterocycles. The largest absolute Gasteiger partial charge is 0.496 e. The first kappa shape index (κ1) is 25.4. The van der Waals surface area contributed by atoms with Gasteiger partial charge in [0.25, 0.3) is 0 Å². The van der Waals surface area contributed by atoms with Crippen molar-refractivity contribution in [3.8, 4) is 28.7 Å². The zero-order valence-electron chi connectivity index (χ0n) is 22.4. The number of aliphatic hydroxyl groups is 1. The second kappa shape index (κ2) is 10.0. The average Bonchev–Trinajstić information content (AvgIpc) is 3.72. The third kappa shape index (κ3) is 4.54. The Labute approximate surface area is 228 Å². The number of nitrogens with zero attached hydrogens (tertiary/aromatic N) is 5. The lowest BCUT2D eigenvalue weighted by Gasteiger charge is -2.47. The fourth-order valence-corrected chi connectivity index (χ4v) is 6.02. The van der Waals surface area contributed by atoms with Crippen LogP contribution >= 0.6 is 0 Å². The number of anilines is 1. The Bertz CT molecular complexity index is 1510. The van der Waals surface area contributed by atoms with E-state index in [1.807, 2.05) is 11.6 Å². The van der Waals surface area contributed by atoms with Crippen LogP contribution in [0.5, 0.6) is 5.75 Å². The molecule has 0 bridgehead atoms. The second-order valence-electron chi connectivity index (χ2n) is 10.8. The topological polar surface area (TPSA) is 110 Å². The molecule has 3 aromatic rings. The number of piperidine rings is 1. The summed E-state index contributed by atoms with van der Waals surface area (Å²) in [6.45, 7) is 6.09. The van der Waals surface area contributed by atoms with Crippen LogP contribution in [0.3, 0.4) is 0 Å². The first-order chi connectivity index (χ1) is 18.9. The van der Waals surface area contributed by atoms with Crippen LogP contribution in [-0.4, -0.2) is 80.8 Å². The third-order valence-electron chi connectivity index (χ3n) is 8.34. The first-order valence-corrected chi connectivity index (χ1v) is 13.5. The molecule has 2 atom stereocenters. The van der Waals surface area contributed by atoms with E-state index in [-0.39, 0.29) is 17.9 Å². The van der Waals surface area contributed by atoms with E-state index in [1.54, 1.807) is 12.0 Å². The molecule has 0 radical (unpaired) electrons. The minimum atomic E-state index is -0.573. The number of likely N-dealkylation sites (tertiary alicyclic amines) is 2. The van der Waals surface area contributed by atoms with E-state index >= 15 is 0 Å². The molecule has 9 heteroatoms. The van der Waals surface area contributed by atoms with Crippen molar-refractivity contribution >= 4 is 22.8 Å². The highest BCUT2D eigenvalue weighted by molar-refractivity contribution is 6.03. The van der Waals surface area contributed by atoms with Gasteiger partial charge in [0.2, 0.25) is 5.91 Å². The fourth-order valence-electron chi connectivity index (χ4n) is 6.02. The number of nitrogens with two attached hydrogens (primary N) is 1. The van der Waals surface area contributed by atoms with Crippen LogP contribution in [0.1, 0.15) is 36.4 Å². The second-order valence-corrected chi connectivity index (χ2v) is 10.8. The molecule has 9 nitrogen and oxygen atoms in total. The van der Waals surface area contributed by atoms with Crippen molar-refractivity contribution in [1.29, 1.82) is 0 Å². The number of amides is 1. The highest BCUT2D eigenvalue weighted by Gasteiger charge is 2.39. The van der Waals surface area contributed by atoms with E-state index in [2.05, 4.69) is 51.5 Å². The predicted molar refractivity (Wildman–Crippen MR) is 150 cm³/mol. The predicted octanol–water partition coefficient (Wildman–Crippen LogP) is 2.53. The van der Waals surface area contributed by atoms with Gasteiger partial charge >= 0.3 is 0 Å². The number of benzene rings is 1. The van der Waals surface area contributed by atoms with Gasteiger partial charge in [0.05, 0.1) is 18.6 Å². The van der Waals surface area contributed by atoms with Crippen LogP contribution in [0.25, 0.3) is 22.2 Å². The normalized spacial score (nSPS) is 21.8. The molecule has 3 N–H and O–H groups in total. The molecule has 2 saturated heterocycles. The molecule has 1 saturated carbocycles. The Morgan fingerprint density at radius 2 is 2.03 bits per heavy atom. The maximum absolute atomic E-state index is 11.9. The molecular weight excluding hydrogens is 492 g/mol. The minimum absolute atomic E-state index is 0.0395. The highest BCUT2D eigenvalue weighted by Crippen LogP contribution is 2.46. The standard InChI is InChI=1S/C30H34N6O3/c1-4-26(38)35-12-11-22(24(37)16-35)36-14-18(15-36)5-10-23-27(28-29(31)32-17-33-30(28)34(23)2)20-8-9-21(19-6-7-19)25(13-20)39-3/h4,8-9,13,17-19,22,24,37H,1,6-7,11-12,14-16H2,2-3H3,(H2,31,32,33)/t22-,24+/m1/s1. The maximum Gasteiger partial charge on any atom is 0.246 e. The Hall–Kier alpha value is -3.87.